The zero-order valence-corrected chi connectivity index (χ0v) is 20.7. The summed E-state index contributed by atoms with van der Waals surface area (Å²) in [6.07, 6.45) is 2.37. The number of hydrogen-bond acceptors (Lipinski definition) is 4. The van der Waals surface area contributed by atoms with Crippen molar-refractivity contribution in [2.45, 2.75) is 58.7 Å². The second-order valence-electron chi connectivity index (χ2n) is 7.30. The number of hydrogen-bond donors (Lipinski definition) is 2. The van der Waals surface area contributed by atoms with Gasteiger partial charge in [-0.15, -0.1) is 24.0 Å². The van der Waals surface area contributed by atoms with Crippen LogP contribution in [0.2, 0.25) is 0 Å². The lowest BCUT2D eigenvalue weighted by Crippen LogP contribution is -2.51. The average Bonchev–Trinajstić information content (AvgIpc) is 3.18. The van der Waals surface area contributed by atoms with Gasteiger partial charge in [-0.3, -0.25) is 9.89 Å². The van der Waals surface area contributed by atoms with Gasteiger partial charge in [0.25, 0.3) is 0 Å². The Labute approximate surface area is 187 Å². The van der Waals surface area contributed by atoms with Gasteiger partial charge in [-0.2, -0.15) is 11.3 Å². The van der Waals surface area contributed by atoms with E-state index in [9.17, 15) is 0 Å². The van der Waals surface area contributed by atoms with Crippen molar-refractivity contribution in [2.24, 2.45) is 4.99 Å². The smallest absolute Gasteiger partial charge is 0.191 e. The highest BCUT2D eigenvalue weighted by molar-refractivity contribution is 14.0. The van der Waals surface area contributed by atoms with Gasteiger partial charge >= 0.3 is 0 Å². The molecule has 27 heavy (non-hydrogen) atoms. The molecule has 0 aromatic carbocycles. The predicted octanol–water partition coefficient (Wildman–Crippen LogP) is 3.79. The summed E-state index contributed by atoms with van der Waals surface area (Å²) < 4.78 is 0. The van der Waals surface area contributed by atoms with Crippen LogP contribution in [0.1, 0.15) is 52.1 Å². The summed E-state index contributed by atoms with van der Waals surface area (Å²) in [5, 5.41) is 11.6. The molecule has 0 bridgehead atoms. The first kappa shape index (κ1) is 24.7. The maximum absolute atomic E-state index is 4.47. The molecule has 2 heterocycles. The quantitative estimate of drug-likeness (QED) is 0.319. The van der Waals surface area contributed by atoms with Gasteiger partial charge in [0, 0.05) is 38.8 Å². The molecule has 1 aliphatic rings. The first-order chi connectivity index (χ1) is 12.6. The summed E-state index contributed by atoms with van der Waals surface area (Å²) in [5.74, 6) is 0.931. The lowest BCUT2D eigenvalue weighted by atomic mass is 10.0. The van der Waals surface area contributed by atoms with E-state index in [-0.39, 0.29) is 24.0 Å². The molecule has 0 amide bonds. The highest BCUT2D eigenvalue weighted by Crippen LogP contribution is 2.22. The first-order valence-corrected chi connectivity index (χ1v) is 11.0. The molecule has 2 rings (SSSR count). The lowest BCUT2D eigenvalue weighted by molar-refractivity contribution is 0.167. The topological polar surface area (TPSA) is 42.9 Å². The van der Waals surface area contributed by atoms with E-state index in [1.807, 2.05) is 7.05 Å². The molecule has 156 valence electrons. The Bertz CT molecular complexity index is 522. The average molecular weight is 508 g/mol. The Balaban J connectivity index is 0.00000364. The van der Waals surface area contributed by atoms with Crippen molar-refractivity contribution in [3.05, 3.63) is 22.4 Å². The molecule has 0 aliphatic carbocycles. The van der Waals surface area contributed by atoms with Gasteiger partial charge < -0.3 is 15.5 Å². The second-order valence-corrected chi connectivity index (χ2v) is 8.08. The van der Waals surface area contributed by atoms with E-state index in [2.05, 4.69) is 69.9 Å². The number of rotatable bonds is 8. The van der Waals surface area contributed by atoms with Gasteiger partial charge in [0.1, 0.15) is 0 Å². The van der Waals surface area contributed by atoms with Gasteiger partial charge in [-0.1, -0.05) is 13.8 Å². The molecule has 0 spiro atoms. The lowest BCUT2D eigenvalue weighted by Gasteiger charge is -2.36. The number of likely N-dealkylation sites (N-methyl/N-ethyl adjacent to an activating group) is 1. The first-order valence-electron chi connectivity index (χ1n) is 10.1. The summed E-state index contributed by atoms with van der Waals surface area (Å²) in [7, 11) is 1.87. The van der Waals surface area contributed by atoms with E-state index in [0.717, 1.165) is 25.6 Å². The molecule has 1 atom stereocenters. The molecule has 1 fully saturated rings. The predicted molar refractivity (Wildman–Crippen MR) is 130 cm³/mol. The molecule has 1 aromatic rings. The molecule has 0 saturated carbocycles. The largest absolute Gasteiger partial charge is 0.354 e. The molecule has 1 unspecified atom stereocenters. The van der Waals surface area contributed by atoms with Gasteiger partial charge in [-0.05, 0) is 62.2 Å². The zero-order chi connectivity index (χ0) is 18.9. The Hall–Kier alpha value is -0.380. The normalized spacial score (nSPS) is 17.8. The molecule has 2 N–H and O–H groups in total. The summed E-state index contributed by atoms with van der Waals surface area (Å²) >= 11 is 1.77. The molecule has 1 saturated heterocycles. The minimum Gasteiger partial charge on any atom is -0.354 e. The van der Waals surface area contributed by atoms with E-state index in [4.69, 9.17) is 0 Å². The maximum Gasteiger partial charge on any atom is 0.191 e. The van der Waals surface area contributed by atoms with Crippen LogP contribution < -0.4 is 10.6 Å². The standard InChI is InChI=1S/C20H37N5S.HI/c1-6-24(7-2)19(17-10-13-26-15-17)14-22-20(21-5)23-18-8-11-25(12-9-18)16(3)4;/h10,13,15-16,18-19H,6-9,11-12,14H2,1-5H3,(H2,21,22,23);1H. The summed E-state index contributed by atoms with van der Waals surface area (Å²) in [6, 6.07) is 3.79. The number of guanidine groups is 1. The maximum atomic E-state index is 4.47. The molecule has 5 nitrogen and oxygen atoms in total. The van der Waals surface area contributed by atoms with Crippen molar-refractivity contribution in [1.82, 2.24) is 20.4 Å². The molecule has 1 aliphatic heterocycles. The fourth-order valence-electron chi connectivity index (χ4n) is 3.73. The van der Waals surface area contributed by atoms with Crippen LogP contribution in [-0.4, -0.2) is 67.6 Å². The van der Waals surface area contributed by atoms with Crippen molar-refractivity contribution >= 4 is 41.3 Å². The molecular weight excluding hydrogens is 469 g/mol. The molecule has 1 aromatic heterocycles. The molecule has 0 radical (unpaired) electrons. The van der Waals surface area contributed by atoms with E-state index in [0.29, 0.717) is 18.1 Å². The number of nitrogens with zero attached hydrogens (tertiary/aromatic N) is 3. The van der Waals surface area contributed by atoms with Crippen LogP contribution in [0.5, 0.6) is 0 Å². The number of piperidine rings is 1. The van der Waals surface area contributed by atoms with Crippen LogP contribution in [0.3, 0.4) is 0 Å². The van der Waals surface area contributed by atoms with Crippen molar-refractivity contribution in [3.8, 4) is 0 Å². The summed E-state index contributed by atoms with van der Waals surface area (Å²) in [5.41, 5.74) is 1.40. The Morgan fingerprint density at radius 2 is 1.96 bits per heavy atom. The monoisotopic (exact) mass is 507 g/mol. The van der Waals surface area contributed by atoms with Crippen molar-refractivity contribution in [3.63, 3.8) is 0 Å². The zero-order valence-electron chi connectivity index (χ0n) is 17.6. The number of aliphatic imine (C=N–C) groups is 1. The Morgan fingerprint density at radius 3 is 2.44 bits per heavy atom. The van der Waals surface area contributed by atoms with Crippen molar-refractivity contribution in [1.29, 1.82) is 0 Å². The van der Waals surface area contributed by atoms with Gasteiger partial charge in [0.2, 0.25) is 0 Å². The minimum atomic E-state index is 0. The van der Waals surface area contributed by atoms with Crippen LogP contribution in [0, 0.1) is 0 Å². The van der Waals surface area contributed by atoms with Crippen LogP contribution in [-0.2, 0) is 0 Å². The van der Waals surface area contributed by atoms with E-state index >= 15 is 0 Å². The fraction of sp³-hybridized carbons (Fsp3) is 0.750. The Kier molecular flexibility index (Phi) is 11.8. The number of likely N-dealkylation sites (tertiary alicyclic amines) is 1. The third kappa shape index (κ3) is 7.51. The van der Waals surface area contributed by atoms with Gasteiger partial charge in [-0.25, -0.2) is 0 Å². The Morgan fingerprint density at radius 1 is 1.30 bits per heavy atom. The number of thiophene rings is 1. The van der Waals surface area contributed by atoms with Crippen LogP contribution in [0.25, 0.3) is 0 Å². The van der Waals surface area contributed by atoms with Crippen molar-refractivity contribution < 1.29 is 0 Å². The van der Waals surface area contributed by atoms with Crippen LogP contribution in [0.4, 0.5) is 0 Å². The van der Waals surface area contributed by atoms with Crippen LogP contribution in [0.15, 0.2) is 21.8 Å². The van der Waals surface area contributed by atoms with Crippen LogP contribution >= 0.6 is 35.3 Å². The van der Waals surface area contributed by atoms with E-state index < -0.39 is 0 Å². The fourth-order valence-corrected chi connectivity index (χ4v) is 4.44. The van der Waals surface area contributed by atoms with Crippen molar-refractivity contribution in [2.75, 3.05) is 39.8 Å². The highest BCUT2D eigenvalue weighted by atomic mass is 127. The summed E-state index contributed by atoms with van der Waals surface area (Å²) in [4.78, 5) is 9.53. The minimum absolute atomic E-state index is 0. The number of halogens is 1. The number of nitrogens with one attached hydrogen (secondary N) is 2. The molecular formula is C20H38IN5S. The van der Waals surface area contributed by atoms with E-state index in [1.165, 1.54) is 31.5 Å². The van der Waals surface area contributed by atoms with Gasteiger partial charge in [0.05, 0.1) is 6.04 Å². The second kappa shape index (κ2) is 13.0. The third-order valence-electron chi connectivity index (χ3n) is 5.47. The highest BCUT2D eigenvalue weighted by Gasteiger charge is 2.22. The van der Waals surface area contributed by atoms with Gasteiger partial charge in [0.15, 0.2) is 5.96 Å². The molecule has 7 heteroatoms. The van der Waals surface area contributed by atoms with E-state index in [1.54, 1.807) is 11.3 Å². The summed E-state index contributed by atoms with van der Waals surface area (Å²) in [6.45, 7) is 14.4. The SMILES string of the molecule is CCN(CC)C(CNC(=NC)NC1CCN(C(C)C)CC1)c1ccsc1.I. The third-order valence-corrected chi connectivity index (χ3v) is 6.17.